The van der Waals surface area contributed by atoms with Crippen molar-refractivity contribution in [1.29, 1.82) is 0 Å². The lowest BCUT2D eigenvalue weighted by Gasteiger charge is -2.21. The molecule has 1 N–H and O–H groups in total. The number of carbonyl (C=O) groups excluding carboxylic acids is 1. The van der Waals surface area contributed by atoms with Crippen molar-refractivity contribution in [2.24, 2.45) is 5.92 Å². The number of piperidine rings is 1. The van der Waals surface area contributed by atoms with Crippen molar-refractivity contribution in [3.63, 3.8) is 0 Å². The van der Waals surface area contributed by atoms with E-state index >= 15 is 0 Å². The van der Waals surface area contributed by atoms with Crippen LogP contribution in [0.25, 0.3) is 0 Å². The number of nitro groups is 1. The number of rotatable bonds is 3. The van der Waals surface area contributed by atoms with Crippen LogP contribution in [-0.4, -0.2) is 17.4 Å². The normalized spacial score (nSPS) is 19.4. The monoisotopic (exact) mass is 252 g/mol. The van der Waals surface area contributed by atoms with E-state index in [4.69, 9.17) is 0 Å². The maximum Gasteiger partial charge on any atom is 0.304 e. The molecule has 1 saturated heterocycles. The van der Waals surface area contributed by atoms with Crippen LogP contribution < -0.4 is 5.32 Å². The lowest BCUT2D eigenvalue weighted by molar-refractivity contribution is -0.387. The van der Waals surface area contributed by atoms with Gasteiger partial charge >= 0.3 is 5.69 Å². The summed E-state index contributed by atoms with van der Waals surface area (Å²) in [6.07, 6.45) is 2.09. The minimum absolute atomic E-state index is 0.0278. The van der Waals surface area contributed by atoms with E-state index in [9.17, 15) is 19.3 Å². The van der Waals surface area contributed by atoms with Crippen LogP contribution >= 0.6 is 0 Å². The summed E-state index contributed by atoms with van der Waals surface area (Å²) in [7, 11) is 0. The van der Waals surface area contributed by atoms with Crippen LogP contribution in [0.5, 0.6) is 0 Å². The van der Waals surface area contributed by atoms with Gasteiger partial charge in [-0.15, -0.1) is 0 Å². The Balaban J connectivity index is 2.12. The van der Waals surface area contributed by atoms with Crippen molar-refractivity contribution in [3.8, 4) is 0 Å². The maximum absolute atomic E-state index is 13.4. The van der Waals surface area contributed by atoms with Gasteiger partial charge in [0.2, 0.25) is 11.7 Å². The van der Waals surface area contributed by atoms with Gasteiger partial charge in [0.25, 0.3) is 0 Å². The van der Waals surface area contributed by atoms with E-state index in [2.05, 4.69) is 5.32 Å². The minimum Gasteiger partial charge on any atom is -0.356 e. The van der Waals surface area contributed by atoms with E-state index in [0.717, 1.165) is 25.0 Å². The van der Waals surface area contributed by atoms with Crippen LogP contribution in [0.2, 0.25) is 0 Å². The number of halogens is 1. The number of nitrogens with one attached hydrogen (secondary N) is 1. The van der Waals surface area contributed by atoms with Gasteiger partial charge in [0, 0.05) is 18.5 Å². The molecule has 0 radical (unpaired) electrons. The molecule has 5 nitrogen and oxygen atoms in total. The van der Waals surface area contributed by atoms with Crippen LogP contribution in [-0.2, 0) is 11.2 Å². The number of amides is 1. The summed E-state index contributed by atoms with van der Waals surface area (Å²) in [4.78, 5) is 21.3. The van der Waals surface area contributed by atoms with Crippen molar-refractivity contribution in [2.45, 2.75) is 19.3 Å². The maximum atomic E-state index is 13.4. The van der Waals surface area contributed by atoms with Crippen LogP contribution in [0.4, 0.5) is 10.1 Å². The zero-order valence-corrected chi connectivity index (χ0v) is 9.69. The molecular formula is C12H13FN2O3. The average molecular weight is 252 g/mol. The SMILES string of the molecule is O=C1NCCCC1Cc1ccc([N+](=O)[O-])c(F)c1. The van der Waals surface area contributed by atoms with E-state index in [1.807, 2.05) is 0 Å². The molecule has 1 unspecified atom stereocenters. The van der Waals surface area contributed by atoms with Gasteiger partial charge in [-0.25, -0.2) is 0 Å². The van der Waals surface area contributed by atoms with Crippen LogP contribution in [0.1, 0.15) is 18.4 Å². The number of hydrogen-bond acceptors (Lipinski definition) is 3. The lowest BCUT2D eigenvalue weighted by atomic mass is 9.91. The third-order valence-corrected chi connectivity index (χ3v) is 3.09. The van der Waals surface area contributed by atoms with Crippen molar-refractivity contribution in [2.75, 3.05) is 6.54 Å². The van der Waals surface area contributed by atoms with Crippen molar-refractivity contribution in [1.82, 2.24) is 5.32 Å². The first-order valence-corrected chi connectivity index (χ1v) is 5.78. The fourth-order valence-corrected chi connectivity index (χ4v) is 2.14. The summed E-state index contributed by atoms with van der Waals surface area (Å²) < 4.78 is 13.4. The van der Waals surface area contributed by atoms with E-state index in [1.165, 1.54) is 6.07 Å². The molecule has 1 aliphatic heterocycles. The molecule has 1 aromatic rings. The summed E-state index contributed by atoms with van der Waals surface area (Å²) in [6.45, 7) is 0.684. The minimum atomic E-state index is -0.853. The molecule has 0 aliphatic carbocycles. The van der Waals surface area contributed by atoms with E-state index in [0.29, 0.717) is 18.5 Å². The molecule has 1 fully saturated rings. The molecule has 0 spiro atoms. The quantitative estimate of drug-likeness (QED) is 0.658. The standard InChI is InChI=1S/C12H13FN2O3/c13-10-7-8(3-4-11(10)15(17)18)6-9-2-1-5-14-12(9)16/h3-4,7,9H,1-2,5-6H2,(H,14,16). The second kappa shape index (κ2) is 5.12. The summed E-state index contributed by atoms with van der Waals surface area (Å²) in [5.74, 6) is -1.05. The molecule has 0 bridgehead atoms. The Kier molecular flexibility index (Phi) is 3.55. The summed E-state index contributed by atoms with van der Waals surface area (Å²) in [5, 5.41) is 13.2. The van der Waals surface area contributed by atoms with E-state index < -0.39 is 16.4 Å². The summed E-state index contributed by atoms with van der Waals surface area (Å²) in [5.41, 5.74) is 0.0759. The molecule has 0 saturated carbocycles. The molecule has 0 aromatic heterocycles. The Hall–Kier alpha value is -1.98. The second-order valence-corrected chi connectivity index (χ2v) is 4.38. The molecule has 1 heterocycles. The third-order valence-electron chi connectivity index (χ3n) is 3.09. The summed E-state index contributed by atoms with van der Waals surface area (Å²) in [6, 6.07) is 3.79. The first-order valence-electron chi connectivity index (χ1n) is 5.78. The highest BCUT2D eigenvalue weighted by molar-refractivity contribution is 5.79. The van der Waals surface area contributed by atoms with Gasteiger partial charge in [0.1, 0.15) is 0 Å². The van der Waals surface area contributed by atoms with Crippen molar-refractivity contribution in [3.05, 3.63) is 39.7 Å². The predicted molar refractivity (Wildman–Crippen MR) is 62.5 cm³/mol. The molecule has 1 aromatic carbocycles. The van der Waals surface area contributed by atoms with Crippen molar-refractivity contribution < 1.29 is 14.1 Å². The van der Waals surface area contributed by atoms with Crippen molar-refractivity contribution >= 4 is 11.6 Å². The highest BCUT2D eigenvalue weighted by atomic mass is 19.1. The van der Waals surface area contributed by atoms with Gasteiger partial charge in [-0.3, -0.25) is 14.9 Å². The lowest BCUT2D eigenvalue weighted by Crippen LogP contribution is -2.37. The molecule has 2 rings (SSSR count). The highest BCUT2D eigenvalue weighted by Crippen LogP contribution is 2.22. The Morgan fingerprint density at radius 2 is 2.28 bits per heavy atom. The first-order chi connectivity index (χ1) is 8.58. The first kappa shape index (κ1) is 12.5. The van der Waals surface area contributed by atoms with Gasteiger partial charge in [-0.05, 0) is 30.9 Å². The largest absolute Gasteiger partial charge is 0.356 e. The number of benzene rings is 1. The highest BCUT2D eigenvalue weighted by Gasteiger charge is 2.23. The van der Waals surface area contributed by atoms with Gasteiger partial charge in [0.05, 0.1) is 4.92 Å². The van der Waals surface area contributed by atoms with Gasteiger partial charge in [-0.2, -0.15) is 4.39 Å². The predicted octanol–water partition coefficient (Wildman–Crippen LogP) is 1.80. The zero-order chi connectivity index (χ0) is 13.1. The molecule has 1 atom stereocenters. The Labute approximate surface area is 103 Å². The van der Waals surface area contributed by atoms with Gasteiger partial charge in [-0.1, -0.05) is 6.07 Å². The Morgan fingerprint density at radius 3 is 2.89 bits per heavy atom. The number of carbonyl (C=O) groups is 1. The smallest absolute Gasteiger partial charge is 0.304 e. The number of nitro benzene ring substituents is 1. The van der Waals surface area contributed by atoms with Crippen LogP contribution in [0.3, 0.4) is 0 Å². The molecule has 6 heteroatoms. The van der Waals surface area contributed by atoms with E-state index in [-0.39, 0.29) is 11.8 Å². The fraction of sp³-hybridized carbons (Fsp3) is 0.417. The number of nitrogens with zero attached hydrogens (tertiary/aromatic N) is 1. The topological polar surface area (TPSA) is 72.2 Å². The third kappa shape index (κ3) is 2.64. The molecule has 96 valence electrons. The summed E-state index contributed by atoms with van der Waals surface area (Å²) >= 11 is 0. The Bertz CT molecular complexity index is 490. The van der Waals surface area contributed by atoms with E-state index in [1.54, 1.807) is 0 Å². The molecular weight excluding hydrogens is 239 g/mol. The molecule has 1 amide bonds. The van der Waals surface area contributed by atoms with Gasteiger partial charge < -0.3 is 5.32 Å². The fourth-order valence-electron chi connectivity index (χ4n) is 2.14. The Morgan fingerprint density at radius 1 is 1.50 bits per heavy atom. The van der Waals surface area contributed by atoms with Gasteiger partial charge in [0.15, 0.2) is 0 Å². The molecule has 18 heavy (non-hydrogen) atoms. The average Bonchev–Trinajstić information content (AvgIpc) is 2.32. The van der Waals surface area contributed by atoms with Crippen LogP contribution in [0, 0.1) is 21.8 Å². The molecule has 1 aliphatic rings. The van der Waals surface area contributed by atoms with Crippen LogP contribution in [0.15, 0.2) is 18.2 Å². The second-order valence-electron chi connectivity index (χ2n) is 4.38. The zero-order valence-electron chi connectivity index (χ0n) is 9.69. The number of hydrogen-bond donors (Lipinski definition) is 1.